The highest BCUT2D eigenvalue weighted by Crippen LogP contribution is 2.25. The number of hydrogen-bond donors (Lipinski definition) is 1. The molecule has 2 rings (SSSR count). The highest BCUT2D eigenvalue weighted by atomic mass is 127. The van der Waals surface area contributed by atoms with Crippen LogP contribution in [0.15, 0.2) is 42.5 Å². The lowest BCUT2D eigenvalue weighted by Crippen LogP contribution is -2.21. The van der Waals surface area contributed by atoms with E-state index in [-0.39, 0.29) is 6.04 Å². The largest absolute Gasteiger partial charge is 0.457 e. The molecule has 0 aliphatic carbocycles. The van der Waals surface area contributed by atoms with Gasteiger partial charge < -0.3 is 10.5 Å². The fraction of sp³-hybridized carbons (Fsp3) is 0.294. The standard InChI is InChI=1S/C17H20INO/c1-3-15(19)11-13-4-7-17(10-12(13)2)20-16-8-5-14(18)6-9-16/h4-10,15H,3,11,19H2,1-2H3. The molecule has 0 aromatic heterocycles. The third-order valence-corrected chi connectivity index (χ3v) is 4.09. The van der Waals surface area contributed by atoms with E-state index in [0.717, 1.165) is 24.3 Å². The number of aryl methyl sites for hydroxylation is 1. The normalized spacial score (nSPS) is 12.2. The maximum absolute atomic E-state index is 6.02. The van der Waals surface area contributed by atoms with Crippen LogP contribution in [-0.4, -0.2) is 6.04 Å². The van der Waals surface area contributed by atoms with E-state index >= 15 is 0 Å². The lowest BCUT2D eigenvalue weighted by Gasteiger charge is -2.13. The smallest absolute Gasteiger partial charge is 0.127 e. The number of halogens is 1. The molecule has 2 aromatic carbocycles. The first-order valence-corrected chi connectivity index (χ1v) is 7.95. The summed E-state index contributed by atoms with van der Waals surface area (Å²) in [5, 5.41) is 0. The Hall–Kier alpha value is -1.07. The van der Waals surface area contributed by atoms with Crippen LogP contribution in [0.2, 0.25) is 0 Å². The number of rotatable bonds is 5. The van der Waals surface area contributed by atoms with E-state index in [2.05, 4.69) is 48.6 Å². The van der Waals surface area contributed by atoms with Crippen LogP contribution in [0, 0.1) is 10.5 Å². The molecule has 0 heterocycles. The van der Waals surface area contributed by atoms with Crippen LogP contribution in [-0.2, 0) is 6.42 Å². The summed E-state index contributed by atoms with van der Waals surface area (Å²) in [6.07, 6.45) is 1.92. The quantitative estimate of drug-likeness (QED) is 0.764. The van der Waals surface area contributed by atoms with Crippen LogP contribution in [0.1, 0.15) is 24.5 Å². The maximum atomic E-state index is 6.02. The van der Waals surface area contributed by atoms with Gasteiger partial charge in [-0.25, -0.2) is 0 Å². The Kier molecular flexibility index (Phi) is 5.43. The van der Waals surface area contributed by atoms with E-state index in [1.165, 1.54) is 14.7 Å². The molecule has 3 heteroatoms. The van der Waals surface area contributed by atoms with Crippen molar-refractivity contribution in [3.63, 3.8) is 0 Å². The van der Waals surface area contributed by atoms with Crippen LogP contribution in [0.3, 0.4) is 0 Å². The van der Waals surface area contributed by atoms with Gasteiger partial charge in [0.1, 0.15) is 11.5 Å². The van der Waals surface area contributed by atoms with Gasteiger partial charge in [-0.2, -0.15) is 0 Å². The zero-order valence-electron chi connectivity index (χ0n) is 11.9. The number of nitrogens with two attached hydrogens (primary N) is 1. The van der Waals surface area contributed by atoms with Gasteiger partial charge in [0.05, 0.1) is 0 Å². The zero-order chi connectivity index (χ0) is 14.5. The van der Waals surface area contributed by atoms with Crippen molar-refractivity contribution in [1.82, 2.24) is 0 Å². The first-order valence-electron chi connectivity index (χ1n) is 6.87. The molecule has 0 saturated heterocycles. The molecule has 0 aliphatic rings. The fourth-order valence-electron chi connectivity index (χ4n) is 2.03. The molecular weight excluding hydrogens is 361 g/mol. The highest BCUT2D eigenvalue weighted by molar-refractivity contribution is 14.1. The topological polar surface area (TPSA) is 35.2 Å². The van der Waals surface area contributed by atoms with Crippen molar-refractivity contribution in [3.05, 3.63) is 57.2 Å². The fourth-order valence-corrected chi connectivity index (χ4v) is 2.39. The summed E-state index contributed by atoms with van der Waals surface area (Å²) >= 11 is 2.28. The molecule has 106 valence electrons. The summed E-state index contributed by atoms with van der Waals surface area (Å²) in [7, 11) is 0. The second-order valence-corrected chi connectivity index (χ2v) is 6.26. The summed E-state index contributed by atoms with van der Waals surface area (Å²) in [6, 6.07) is 14.5. The molecule has 0 saturated carbocycles. The van der Waals surface area contributed by atoms with Gasteiger partial charge in [-0.3, -0.25) is 0 Å². The molecule has 0 spiro atoms. The van der Waals surface area contributed by atoms with Crippen molar-refractivity contribution in [2.24, 2.45) is 5.73 Å². The van der Waals surface area contributed by atoms with Crippen molar-refractivity contribution >= 4 is 22.6 Å². The molecule has 0 aliphatic heterocycles. The number of hydrogen-bond acceptors (Lipinski definition) is 2. The second-order valence-electron chi connectivity index (χ2n) is 5.02. The Bertz CT molecular complexity index is 566. The van der Waals surface area contributed by atoms with E-state index in [0.29, 0.717) is 0 Å². The lowest BCUT2D eigenvalue weighted by molar-refractivity contribution is 0.481. The zero-order valence-corrected chi connectivity index (χ0v) is 14.1. The third kappa shape index (κ3) is 4.21. The van der Waals surface area contributed by atoms with Gasteiger partial charge in [-0.15, -0.1) is 0 Å². The average molecular weight is 381 g/mol. The van der Waals surface area contributed by atoms with Gasteiger partial charge in [0.15, 0.2) is 0 Å². The maximum Gasteiger partial charge on any atom is 0.127 e. The summed E-state index contributed by atoms with van der Waals surface area (Å²) in [5.74, 6) is 1.74. The number of benzene rings is 2. The third-order valence-electron chi connectivity index (χ3n) is 3.37. The number of ether oxygens (including phenoxy) is 1. The minimum atomic E-state index is 0.233. The summed E-state index contributed by atoms with van der Waals surface area (Å²) in [5.41, 5.74) is 8.55. The molecule has 2 N–H and O–H groups in total. The highest BCUT2D eigenvalue weighted by Gasteiger charge is 2.06. The van der Waals surface area contributed by atoms with E-state index in [1.54, 1.807) is 0 Å². The summed E-state index contributed by atoms with van der Waals surface area (Å²) in [4.78, 5) is 0. The predicted molar refractivity (Wildman–Crippen MR) is 92.4 cm³/mol. The van der Waals surface area contributed by atoms with Crippen LogP contribution in [0.5, 0.6) is 11.5 Å². The second kappa shape index (κ2) is 7.09. The molecule has 2 nitrogen and oxygen atoms in total. The minimum Gasteiger partial charge on any atom is -0.457 e. The van der Waals surface area contributed by atoms with E-state index in [9.17, 15) is 0 Å². The van der Waals surface area contributed by atoms with Gasteiger partial charge in [-0.1, -0.05) is 13.0 Å². The van der Waals surface area contributed by atoms with Gasteiger partial charge in [0, 0.05) is 9.61 Å². The van der Waals surface area contributed by atoms with E-state index < -0.39 is 0 Å². The van der Waals surface area contributed by atoms with Crippen molar-refractivity contribution < 1.29 is 4.74 Å². The molecule has 20 heavy (non-hydrogen) atoms. The molecule has 1 unspecified atom stereocenters. The van der Waals surface area contributed by atoms with Crippen molar-refractivity contribution in [2.45, 2.75) is 32.7 Å². The van der Waals surface area contributed by atoms with Crippen LogP contribution < -0.4 is 10.5 Å². The molecule has 0 fully saturated rings. The molecule has 1 atom stereocenters. The van der Waals surface area contributed by atoms with Gasteiger partial charge in [-0.05, 0) is 89.9 Å². The first-order chi connectivity index (χ1) is 9.58. The monoisotopic (exact) mass is 381 g/mol. The van der Waals surface area contributed by atoms with Gasteiger partial charge in [0.2, 0.25) is 0 Å². The molecule has 0 radical (unpaired) electrons. The average Bonchev–Trinajstić information content (AvgIpc) is 2.44. The minimum absolute atomic E-state index is 0.233. The molecular formula is C17H20INO. The van der Waals surface area contributed by atoms with E-state index in [4.69, 9.17) is 10.5 Å². The van der Waals surface area contributed by atoms with Crippen LogP contribution >= 0.6 is 22.6 Å². The predicted octanol–water partition coefficient (Wildman–Crippen LogP) is 4.67. The summed E-state index contributed by atoms with van der Waals surface area (Å²) < 4.78 is 7.07. The van der Waals surface area contributed by atoms with E-state index in [1.807, 2.05) is 30.3 Å². The van der Waals surface area contributed by atoms with Crippen molar-refractivity contribution in [2.75, 3.05) is 0 Å². The van der Waals surface area contributed by atoms with Crippen LogP contribution in [0.4, 0.5) is 0 Å². The Balaban J connectivity index is 2.10. The SMILES string of the molecule is CCC(N)Cc1ccc(Oc2ccc(I)cc2)cc1C. The molecule has 2 aromatic rings. The molecule has 0 amide bonds. The Morgan fingerprint density at radius 1 is 1.10 bits per heavy atom. The summed E-state index contributed by atoms with van der Waals surface area (Å²) in [6.45, 7) is 4.23. The van der Waals surface area contributed by atoms with Crippen LogP contribution in [0.25, 0.3) is 0 Å². The van der Waals surface area contributed by atoms with Gasteiger partial charge >= 0.3 is 0 Å². The lowest BCUT2D eigenvalue weighted by atomic mass is 10.00. The molecule has 0 bridgehead atoms. The Morgan fingerprint density at radius 3 is 2.35 bits per heavy atom. The van der Waals surface area contributed by atoms with Gasteiger partial charge in [0.25, 0.3) is 0 Å². The Morgan fingerprint density at radius 2 is 1.75 bits per heavy atom. The van der Waals surface area contributed by atoms with Crippen molar-refractivity contribution in [1.29, 1.82) is 0 Å². The first kappa shape index (κ1) is 15.3. The Labute approximate surface area is 134 Å². The van der Waals surface area contributed by atoms with Crippen molar-refractivity contribution in [3.8, 4) is 11.5 Å².